The molecule has 0 spiro atoms. The summed E-state index contributed by atoms with van der Waals surface area (Å²) < 4.78 is 5.03. The first-order valence-electron chi connectivity index (χ1n) is 6.53. The van der Waals surface area contributed by atoms with Crippen LogP contribution in [0.5, 0.6) is 0 Å². The van der Waals surface area contributed by atoms with Gasteiger partial charge in [0, 0.05) is 32.4 Å². The highest BCUT2D eigenvalue weighted by atomic mass is 16.5. The maximum absolute atomic E-state index is 11.8. The van der Waals surface area contributed by atoms with E-state index in [2.05, 4.69) is 27.4 Å². The molecule has 0 radical (unpaired) electrons. The molecule has 6 nitrogen and oxygen atoms in total. The van der Waals surface area contributed by atoms with Gasteiger partial charge >= 0.3 is 5.97 Å². The molecule has 19 heavy (non-hydrogen) atoms. The van der Waals surface area contributed by atoms with Crippen LogP contribution in [-0.4, -0.2) is 60.7 Å². The van der Waals surface area contributed by atoms with Crippen molar-refractivity contribution in [1.29, 1.82) is 0 Å². The van der Waals surface area contributed by atoms with Crippen LogP contribution in [0, 0.1) is 0 Å². The molecule has 1 N–H and O–H groups in total. The Hall–Kier alpha value is -1.66. The second kappa shape index (κ2) is 6.49. The number of nitrogens with one attached hydrogen (secondary N) is 1. The summed E-state index contributed by atoms with van der Waals surface area (Å²) in [5, 5.41) is 2.07. The lowest BCUT2D eigenvalue weighted by Crippen LogP contribution is -2.47. The van der Waals surface area contributed by atoms with Crippen LogP contribution < -0.4 is 5.43 Å². The molecular formula is C13H20N4O2. The van der Waals surface area contributed by atoms with Crippen LogP contribution in [0.4, 0.5) is 5.82 Å². The number of hydrazine groups is 1. The third-order valence-corrected chi connectivity index (χ3v) is 3.07. The van der Waals surface area contributed by atoms with E-state index in [9.17, 15) is 4.79 Å². The van der Waals surface area contributed by atoms with Gasteiger partial charge in [0.25, 0.3) is 0 Å². The Morgan fingerprint density at radius 2 is 2.16 bits per heavy atom. The van der Waals surface area contributed by atoms with Gasteiger partial charge in [-0.2, -0.15) is 0 Å². The van der Waals surface area contributed by atoms with Gasteiger partial charge in [0.15, 0.2) is 5.82 Å². The minimum atomic E-state index is -0.341. The van der Waals surface area contributed by atoms with E-state index in [-0.39, 0.29) is 5.97 Å². The van der Waals surface area contributed by atoms with E-state index < -0.39 is 0 Å². The van der Waals surface area contributed by atoms with Crippen molar-refractivity contribution in [3.63, 3.8) is 0 Å². The Balaban J connectivity index is 2.05. The van der Waals surface area contributed by atoms with Gasteiger partial charge < -0.3 is 15.1 Å². The number of pyridine rings is 1. The lowest BCUT2D eigenvalue weighted by atomic mass is 10.2. The van der Waals surface area contributed by atoms with Crippen LogP contribution in [0.3, 0.4) is 0 Å². The Morgan fingerprint density at radius 3 is 2.84 bits per heavy atom. The summed E-state index contributed by atoms with van der Waals surface area (Å²) in [5.74, 6) is 0.220. The average Bonchev–Trinajstić information content (AvgIpc) is 2.42. The summed E-state index contributed by atoms with van der Waals surface area (Å²) in [6, 6.07) is 3.46. The van der Waals surface area contributed by atoms with Crippen LogP contribution in [0.15, 0.2) is 18.3 Å². The maximum atomic E-state index is 11.8. The van der Waals surface area contributed by atoms with Crippen molar-refractivity contribution in [2.24, 2.45) is 0 Å². The molecule has 1 aromatic heterocycles. The number of anilines is 1. The number of hydrogen-bond donors (Lipinski definition) is 1. The minimum Gasteiger partial charge on any atom is -0.462 e. The van der Waals surface area contributed by atoms with Crippen LogP contribution in [0.2, 0.25) is 0 Å². The van der Waals surface area contributed by atoms with Crippen LogP contribution in [-0.2, 0) is 4.74 Å². The standard InChI is InChI=1S/C13H20N4O2/c1-3-19-13(18)11-5-4-6-14-12(11)15-17-9-7-16(2)8-10-17/h4-6H,3,7-10H2,1-2H3,(H,14,15). The van der Waals surface area contributed by atoms with Crippen molar-refractivity contribution in [2.45, 2.75) is 6.92 Å². The zero-order chi connectivity index (χ0) is 13.7. The molecule has 0 atom stereocenters. The molecule has 1 aliphatic heterocycles. The molecule has 0 aromatic carbocycles. The molecule has 1 aliphatic rings. The van der Waals surface area contributed by atoms with Gasteiger partial charge in [0.2, 0.25) is 0 Å². The zero-order valence-corrected chi connectivity index (χ0v) is 11.4. The fourth-order valence-electron chi connectivity index (χ4n) is 1.94. The minimum absolute atomic E-state index is 0.341. The topological polar surface area (TPSA) is 57.7 Å². The Morgan fingerprint density at radius 1 is 1.42 bits per heavy atom. The van der Waals surface area contributed by atoms with Gasteiger partial charge in [0.1, 0.15) is 5.56 Å². The molecule has 0 saturated carbocycles. The fourth-order valence-corrected chi connectivity index (χ4v) is 1.94. The average molecular weight is 264 g/mol. The second-order valence-corrected chi connectivity index (χ2v) is 4.52. The van der Waals surface area contributed by atoms with Crippen LogP contribution in [0.25, 0.3) is 0 Å². The molecular weight excluding hydrogens is 244 g/mol. The summed E-state index contributed by atoms with van der Waals surface area (Å²) in [7, 11) is 2.10. The van der Waals surface area contributed by atoms with Crippen molar-refractivity contribution in [1.82, 2.24) is 14.9 Å². The first-order valence-corrected chi connectivity index (χ1v) is 6.53. The zero-order valence-electron chi connectivity index (χ0n) is 11.4. The van der Waals surface area contributed by atoms with Crippen molar-refractivity contribution in [3.05, 3.63) is 23.9 Å². The highest BCUT2D eigenvalue weighted by molar-refractivity contribution is 5.94. The molecule has 1 aromatic rings. The molecule has 104 valence electrons. The Kier molecular flexibility index (Phi) is 4.70. The Labute approximate surface area is 113 Å². The third kappa shape index (κ3) is 3.65. The van der Waals surface area contributed by atoms with E-state index in [1.54, 1.807) is 25.3 Å². The molecule has 0 unspecified atom stereocenters. The number of rotatable bonds is 4. The van der Waals surface area contributed by atoms with E-state index in [4.69, 9.17) is 4.74 Å². The van der Waals surface area contributed by atoms with E-state index in [0.29, 0.717) is 18.0 Å². The number of ether oxygens (including phenoxy) is 1. The fraction of sp³-hybridized carbons (Fsp3) is 0.538. The number of esters is 1. The van der Waals surface area contributed by atoms with E-state index in [0.717, 1.165) is 26.2 Å². The first-order chi connectivity index (χ1) is 9.20. The van der Waals surface area contributed by atoms with E-state index in [1.165, 1.54) is 0 Å². The van der Waals surface area contributed by atoms with Gasteiger partial charge in [-0.25, -0.2) is 14.8 Å². The predicted molar refractivity (Wildman–Crippen MR) is 72.9 cm³/mol. The normalized spacial score (nSPS) is 17.2. The highest BCUT2D eigenvalue weighted by Crippen LogP contribution is 2.14. The largest absolute Gasteiger partial charge is 0.462 e. The second-order valence-electron chi connectivity index (χ2n) is 4.52. The van der Waals surface area contributed by atoms with Crippen molar-refractivity contribution in [2.75, 3.05) is 45.3 Å². The van der Waals surface area contributed by atoms with Crippen LogP contribution >= 0.6 is 0 Å². The lowest BCUT2D eigenvalue weighted by molar-refractivity contribution is 0.0526. The Bertz CT molecular complexity index is 430. The number of likely N-dealkylation sites (N-methyl/N-ethyl adjacent to an activating group) is 1. The molecule has 2 heterocycles. The number of aromatic nitrogens is 1. The number of carbonyl (C=O) groups excluding carboxylic acids is 1. The molecule has 1 saturated heterocycles. The third-order valence-electron chi connectivity index (χ3n) is 3.07. The van der Waals surface area contributed by atoms with Crippen LogP contribution in [0.1, 0.15) is 17.3 Å². The van der Waals surface area contributed by atoms with Gasteiger partial charge in [-0.1, -0.05) is 0 Å². The molecule has 6 heteroatoms. The summed E-state index contributed by atoms with van der Waals surface area (Å²) in [5.41, 5.74) is 3.68. The smallest absolute Gasteiger partial charge is 0.341 e. The first kappa shape index (κ1) is 13.8. The summed E-state index contributed by atoms with van der Waals surface area (Å²) in [6.45, 7) is 5.94. The van der Waals surface area contributed by atoms with Crippen molar-refractivity contribution in [3.8, 4) is 0 Å². The lowest BCUT2D eigenvalue weighted by Gasteiger charge is -2.32. The summed E-state index contributed by atoms with van der Waals surface area (Å²) in [6.07, 6.45) is 1.67. The molecule has 0 amide bonds. The summed E-state index contributed by atoms with van der Waals surface area (Å²) >= 11 is 0. The maximum Gasteiger partial charge on any atom is 0.341 e. The molecule has 2 rings (SSSR count). The number of nitrogens with zero attached hydrogens (tertiary/aromatic N) is 3. The number of piperazine rings is 1. The van der Waals surface area contributed by atoms with E-state index in [1.807, 2.05) is 0 Å². The van der Waals surface area contributed by atoms with E-state index >= 15 is 0 Å². The highest BCUT2D eigenvalue weighted by Gasteiger charge is 2.18. The molecule has 0 aliphatic carbocycles. The van der Waals surface area contributed by atoms with Gasteiger partial charge in [0.05, 0.1) is 6.61 Å². The molecule has 0 bridgehead atoms. The predicted octanol–water partition coefficient (Wildman–Crippen LogP) is 0.833. The SMILES string of the molecule is CCOC(=O)c1cccnc1NN1CCN(C)CC1. The van der Waals surface area contributed by atoms with Gasteiger partial charge in [-0.15, -0.1) is 0 Å². The van der Waals surface area contributed by atoms with Crippen molar-refractivity contribution < 1.29 is 9.53 Å². The molecule has 1 fully saturated rings. The number of hydrogen-bond acceptors (Lipinski definition) is 6. The number of carbonyl (C=O) groups is 1. The quantitative estimate of drug-likeness (QED) is 0.813. The summed E-state index contributed by atoms with van der Waals surface area (Å²) in [4.78, 5) is 18.3. The monoisotopic (exact) mass is 264 g/mol. The van der Waals surface area contributed by atoms with Crippen molar-refractivity contribution >= 4 is 11.8 Å². The van der Waals surface area contributed by atoms with Gasteiger partial charge in [-0.05, 0) is 26.1 Å². The van der Waals surface area contributed by atoms with Gasteiger partial charge in [-0.3, -0.25) is 0 Å².